The lowest BCUT2D eigenvalue weighted by molar-refractivity contribution is -0.124. The van der Waals surface area contributed by atoms with Crippen LogP contribution in [0, 0.1) is 0 Å². The Balaban J connectivity index is 1.91. The second-order valence-electron chi connectivity index (χ2n) is 6.07. The number of benzene rings is 1. The molecular formula is C16H25N3O3S. The summed E-state index contributed by atoms with van der Waals surface area (Å²) in [6.45, 7) is 2.92. The van der Waals surface area contributed by atoms with Crippen LogP contribution in [-0.4, -0.2) is 57.1 Å². The van der Waals surface area contributed by atoms with Crippen LogP contribution < -0.4 is 10.2 Å². The molecule has 7 heteroatoms. The van der Waals surface area contributed by atoms with E-state index in [1.807, 2.05) is 44.3 Å². The lowest BCUT2D eigenvalue weighted by Crippen LogP contribution is -2.48. The van der Waals surface area contributed by atoms with E-state index >= 15 is 0 Å². The summed E-state index contributed by atoms with van der Waals surface area (Å²) in [5.74, 6) is -0.207. The smallest absolute Gasteiger partial charge is 0.238 e. The second kappa shape index (κ2) is 7.31. The average Bonchev–Trinajstić information content (AvgIpc) is 3.02. The van der Waals surface area contributed by atoms with E-state index in [1.165, 1.54) is 4.31 Å². The summed E-state index contributed by atoms with van der Waals surface area (Å²) in [7, 11) is -1.36. The molecule has 1 aromatic rings. The van der Waals surface area contributed by atoms with Crippen LogP contribution in [0.1, 0.15) is 19.8 Å². The number of anilines is 1. The van der Waals surface area contributed by atoms with Crippen molar-refractivity contribution in [2.45, 2.75) is 31.8 Å². The van der Waals surface area contributed by atoms with Crippen molar-refractivity contribution in [3.8, 4) is 0 Å². The molecule has 1 aliphatic heterocycles. The first kappa shape index (κ1) is 17.7. The number of para-hydroxylation sites is 1. The molecule has 0 bridgehead atoms. The number of rotatable bonds is 6. The zero-order chi connectivity index (χ0) is 17.0. The monoisotopic (exact) mass is 339 g/mol. The van der Waals surface area contributed by atoms with E-state index in [1.54, 1.807) is 0 Å². The maximum absolute atomic E-state index is 12.3. The molecule has 6 nitrogen and oxygen atoms in total. The number of hydrogen-bond donors (Lipinski definition) is 1. The first-order valence-corrected chi connectivity index (χ1v) is 9.68. The topological polar surface area (TPSA) is 69.7 Å². The van der Waals surface area contributed by atoms with Crippen LogP contribution in [0.5, 0.6) is 0 Å². The highest BCUT2D eigenvalue weighted by atomic mass is 32.2. The minimum absolute atomic E-state index is 0.106. The van der Waals surface area contributed by atoms with Gasteiger partial charge in [0.25, 0.3) is 0 Å². The van der Waals surface area contributed by atoms with Crippen molar-refractivity contribution in [3.05, 3.63) is 30.3 Å². The Morgan fingerprint density at radius 3 is 2.65 bits per heavy atom. The second-order valence-corrected chi connectivity index (χ2v) is 8.01. The standard InChI is InChI=1S/C16H25N3O3S/c1-13(18(2)14-8-5-4-6-9-14)12-17-16(20)15-10-7-11-19(15)23(3,21)22/h4-6,8-9,13,15H,7,10-12H2,1-3H3,(H,17,20). The number of nitrogens with zero attached hydrogens (tertiary/aromatic N) is 2. The molecule has 2 unspecified atom stereocenters. The Bertz CT molecular complexity index is 633. The van der Waals surface area contributed by atoms with Crippen LogP contribution in [0.25, 0.3) is 0 Å². The van der Waals surface area contributed by atoms with E-state index in [9.17, 15) is 13.2 Å². The third kappa shape index (κ3) is 4.45. The molecule has 1 heterocycles. The molecule has 2 rings (SSSR count). The van der Waals surface area contributed by atoms with E-state index in [-0.39, 0.29) is 11.9 Å². The highest BCUT2D eigenvalue weighted by molar-refractivity contribution is 7.88. The number of carbonyl (C=O) groups is 1. The molecule has 1 aliphatic rings. The van der Waals surface area contributed by atoms with Gasteiger partial charge in [0.05, 0.1) is 6.26 Å². The molecule has 0 aliphatic carbocycles. The van der Waals surface area contributed by atoms with Gasteiger partial charge in [0, 0.05) is 31.9 Å². The Morgan fingerprint density at radius 1 is 1.39 bits per heavy atom. The molecule has 1 saturated heterocycles. The summed E-state index contributed by atoms with van der Waals surface area (Å²) in [5.41, 5.74) is 1.08. The first-order valence-electron chi connectivity index (χ1n) is 7.83. The number of likely N-dealkylation sites (N-methyl/N-ethyl adjacent to an activating group) is 1. The molecule has 0 radical (unpaired) electrons. The quantitative estimate of drug-likeness (QED) is 0.841. The van der Waals surface area contributed by atoms with Gasteiger partial charge in [-0.1, -0.05) is 18.2 Å². The molecule has 23 heavy (non-hydrogen) atoms. The Hall–Kier alpha value is -1.60. The van der Waals surface area contributed by atoms with Gasteiger partial charge < -0.3 is 10.2 Å². The van der Waals surface area contributed by atoms with Crippen molar-refractivity contribution in [3.63, 3.8) is 0 Å². The van der Waals surface area contributed by atoms with Gasteiger partial charge in [0.2, 0.25) is 15.9 Å². The molecule has 2 atom stereocenters. The fourth-order valence-corrected chi connectivity index (χ4v) is 3.94. The molecule has 1 fully saturated rings. The minimum Gasteiger partial charge on any atom is -0.370 e. The highest BCUT2D eigenvalue weighted by Crippen LogP contribution is 2.20. The number of hydrogen-bond acceptors (Lipinski definition) is 4. The lowest BCUT2D eigenvalue weighted by Gasteiger charge is -2.28. The van der Waals surface area contributed by atoms with E-state index in [0.29, 0.717) is 19.5 Å². The molecule has 0 saturated carbocycles. The lowest BCUT2D eigenvalue weighted by atomic mass is 10.2. The van der Waals surface area contributed by atoms with Gasteiger partial charge in [-0.05, 0) is 31.9 Å². The maximum Gasteiger partial charge on any atom is 0.238 e. The molecular weight excluding hydrogens is 314 g/mol. The van der Waals surface area contributed by atoms with Crippen molar-refractivity contribution in [1.82, 2.24) is 9.62 Å². The van der Waals surface area contributed by atoms with Crippen LogP contribution in [0.3, 0.4) is 0 Å². The SMILES string of the molecule is CC(CNC(=O)C1CCCN1S(C)(=O)=O)N(C)c1ccccc1. The maximum atomic E-state index is 12.3. The van der Waals surface area contributed by atoms with Crippen molar-refractivity contribution >= 4 is 21.6 Å². The van der Waals surface area contributed by atoms with Crippen LogP contribution in [-0.2, 0) is 14.8 Å². The fourth-order valence-electron chi connectivity index (χ4n) is 2.82. The Labute approximate surface area is 138 Å². The van der Waals surface area contributed by atoms with Crippen molar-refractivity contribution in [2.24, 2.45) is 0 Å². The predicted molar refractivity (Wildman–Crippen MR) is 91.9 cm³/mol. The zero-order valence-electron chi connectivity index (χ0n) is 13.9. The Morgan fingerprint density at radius 2 is 2.04 bits per heavy atom. The molecule has 1 aromatic carbocycles. The van der Waals surface area contributed by atoms with Crippen LogP contribution in [0.2, 0.25) is 0 Å². The first-order chi connectivity index (χ1) is 10.8. The predicted octanol–water partition coefficient (Wildman–Crippen LogP) is 1.05. The van der Waals surface area contributed by atoms with E-state index in [0.717, 1.165) is 18.4 Å². The fraction of sp³-hybridized carbons (Fsp3) is 0.562. The zero-order valence-corrected chi connectivity index (χ0v) is 14.7. The number of sulfonamides is 1. The molecule has 128 valence electrons. The van der Waals surface area contributed by atoms with Crippen molar-refractivity contribution in [1.29, 1.82) is 0 Å². The van der Waals surface area contributed by atoms with E-state index in [4.69, 9.17) is 0 Å². The summed E-state index contributed by atoms with van der Waals surface area (Å²) in [5, 5.41) is 2.89. The van der Waals surface area contributed by atoms with Crippen LogP contribution in [0.15, 0.2) is 30.3 Å². The van der Waals surface area contributed by atoms with Gasteiger partial charge in [0.15, 0.2) is 0 Å². The molecule has 1 amide bonds. The number of nitrogens with one attached hydrogen (secondary N) is 1. The van der Waals surface area contributed by atoms with Crippen molar-refractivity contribution < 1.29 is 13.2 Å². The Kier molecular flexibility index (Phi) is 5.64. The minimum atomic E-state index is -3.33. The summed E-state index contributed by atoms with van der Waals surface area (Å²) in [6.07, 6.45) is 2.47. The van der Waals surface area contributed by atoms with Gasteiger partial charge in [-0.25, -0.2) is 8.42 Å². The third-order valence-electron chi connectivity index (χ3n) is 4.33. The highest BCUT2D eigenvalue weighted by Gasteiger charge is 2.36. The summed E-state index contributed by atoms with van der Waals surface area (Å²) in [6, 6.07) is 9.47. The summed E-state index contributed by atoms with van der Waals surface area (Å²) >= 11 is 0. The number of carbonyl (C=O) groups excluding carboxylic acids is 1. The molecule has 1 N–H and O–H groups in total. The third-order valence-corrected chi connectivity index (χ3v) is 5.62. The van der Waals surface area contributed by atoms with Crippen LogP contribution >= 0.6 is 0 Å². The van der Waals surface area contributed by atoms with E-state index < -0.39 is 16.1 Å². The number of amides is 1. The van der Waals surface area contributed by atoms with Gasteiger partial charge in [-0.2, -0.15) is 4.31 Å². The largest absolute Gasteiger partial charge is 0.370 e. The van der Waals surface area contributed by atoms with Gasteiger partial charge in [-0.15, -0.1) is 0 Å². The van der Waals surface area contributed by atoms with Gasteiger partial charge >= 0.3 is 0 Å². The summed E-state index contributed by atoms with van der Waals surface area (Å²) < 4.78 is 24.7. The summed E-state index contributed by atoms with van der Waals surface area (Å²) in [4.78, 5) is 14.4. The van der Waals surface area contributed by atoms with Gasteiger partial charge in [0.1, 0.15) is 6.04 Å². The van der Waals surface area contributed by atoms with Crippen LogP contribution in [0.4, 0.5) is 5.69 Å². The molecule has 0 spiro atoms. The van der Waals surface area contributed by atoms with Gasteiger partial charge in [-0.3, -0.25) is 4.79 Å². The average molecular weight is 339 g/mol. The molecule has 0 aromatic heterocycles. The normalized spacial score (nSPS) is 20.2. The van der Waals surface area contributed by atoms with Crippen molar-refractivity contribution in [2.75, 3.05) is 31.3 Å². The van der Waals surface area contributed by atoms with E-state index in [2.05, 4.69) is 10.2 Å².